The molecule has 0 aliphatic carbocycles. The number of hydrogen-bond acceptors (Lipinski definition) is 4. The van der Waals surface area contributed by atoms with Crippen molar-refractivity contribution in [2.45, 2.75) is 50.2 Å². The Morgan fingerprint density at radius 3 is 2.60 bits per heavy atom. The maximum Gasteiger partial charge on any atom is 0.193 e. The number of aryl methyl sites for hydroxylation is 1. The molecule has 6 nitrogen and oxygen atoms in total. The van der Waals surface area contributed by atoms with Gasteiger partial charge < -0.3 is 24.4 Å². The summed E-state index contributed by atoms with van der Waals surface area (Å²) in [4.78, 5) is 6.94. The second-order valence-electron chi connectivity index (χ2n) is 8.52. The van der Waals surface area contributed by atoms with Crippen LogP contribution in [0.5, 0.6) is 0 Å². The topological polar surface area (TPSA) is 55.3 Å². The van der Waals surface area contributed by atoms with Gasteiger partial charge in [0.2, 0.25) is 0 Å². The van der Waals surface area contributed by atoms with Crippen LogP contribution in [0.25, 0.3) is 0 Å². The summed E-state index contributed by atoms with van der Waals surface area (Å²) in [6, 6.07) is 8.78. The Morgan fingerprint density at radius 2 is 1.90 bits per heavy atom. The number of nitrogens with one attached hydrogen (secondary N) is 1. The van der Waals surface area contributed by atoms with E-state index in [1.54, 1.807) is 0 Å². The number of ether oxygens (including phenoxy) is 3. The molecule has 0 spiro atoms. The summed E-state index contributed by atoms with van der Waals surface area (Å²) in [6.45, 7) is 8.00. The summed E-state index contributed by atoms with van der Waals surface area (Å²) >= 11 is 0. The van der Waals surface area contributed by atoms with E-state index in [0.29, 0.717) is 0 Å². The monoisotopic (exact) mass is 529 g/mol. The SMILES string of the molecule is CN=C(NCC1(c2ccccc2C)CCOCC1)N1CCOC(C2CCCO2)C1.I. The molecule has 0 radical (unpaired) electrons. The zero-order valence-corrected chi connectivity index (χ0v) is 20.6. The van der Waals surface area contributed by atoms with Gasteiger partial charge in [0.15, 0.2) is 5.96 Å². The lowest BCUT2D eigenvalue weighted by Crippen LogP contribution is -2.55. The van der Waals surface area contributed by atoms with Gasteiger partial charge in [0.05, 0.1) is 12.7 Å². The Bertz CT molecular complexity index is 703. The molecule has 4 rings (SSSR count). The van der Waals surface area contributed by atoms with Crippen LogP contribution in [-0.2, 0) is 19.6 Å². The Kier molecular flexibility index (Phi) is 8.80. The zero-order chi connectivity index (χ0) is 20.1. The first kappa shape index (κ1) is 23.8. The summed E-state index contributed by atoms with van der Waals surface area (Å²) < 4.78 is 17.6. The largest absolute Gasteiger partial charge is 0.381 e. The number of rotatable bonds is 4. The lowest BCUT2D eigenvalue weighted by molar-refractivity contribution is -0.0817. The normalized spacial score (nSPS) is 26.9. The third-order valence-electron chi connectivity index (χ3n) is 6.74. The predicted octanol–water partition coefficient (Wildman–Crippen LogP) is 3.12. The van der Waals surface area contributed by atoms with Crippen molar-refractivity contribution >= 4 is 29.9 Å². The van der Waals surface area contributed by atoms with Crippen molar-refractivity contribution in [1.82, 2.24) is 10.2 Å². The first-order valence-electron chi connectivity index (χ1n) is 11.0. The van der Waals surface area contributed by atoms with Gasteiger partial charge in [-0.05, 0) is 43.7 Å². The van der Waals surface area contributed by atoms with Crippen molar-refractivity contribution in [2.24, 2.45) is 4.99 Å². The Labute approximate surface area is 197 Å². The molecule has 0 bridgehead atoms. The fourth-order valence-electron chi connectivity index (χ4n) is 5.04. The van der Waals surface area contributed by atoms with E-state index in [0.717, 1.165) is 77.7 Å². The van der Waals surface area contributed by atoms with Gasteiger partial charge in [-0.2, -0.15) is 0 Å². The summed E-state index contributed by atoms with van der Waals surface area (Å²) in [5.74, 6) is 0.968. The molecule has 1 aromatic rings. The summed E-state index contributed by atoms with van der Waals surface area (Å²) in [6.07, 6.45) is 4.66. The maximum atomic E-state index is 6.02. The lowest BCUT2D eigenvalue weighted by Gasteiger charge is -2.41. The summed E-state index contributed by atoms with van der Waals surface area (Å²) in [7, 11) is 1.88. The van der Waals surface area contributed by atoms with Crippen LogP contribution in [0.2, 0.25) is 0 Å². The van der Waals surface area contributed by atoms with Crippen LogP contribution in [0, 0.1) is 6.92 Å². The summed E-state index contributed by atoms with van der Waals surface area (Å²) in [5, 5.41) is 3.71. The van der Waals surface area contributed by atoms with Crippen molar-refractivity contribution in [3.05, 3.63) is 35.4 Å². The van der Waals surface area contributed by atoms with E-state index in [2.05, 4.69) is 46.4 Å². The van der Waals surface area contributed by atoms with Gasteiger partial charge in [0, 0.05) is 51.9 Å². The van der Waals surface area contributed by atoms with Crippen molar-refractivity contribution < 1.29 is 14.2 Å². The molecule has 0 amide bonds. The molecule has 168 valence electrons. The van der Waals surface area contributed by atoms with E-state index in [1.165, 1.54) is 11.1 Å². The van der Waals surface area contributed by atoms with E-state index >= 15 is 0 Å². The molecule has 3 heterocycles. The molecular formula is C23H36IN3O3. The van der Waals surface area contributed by atoms with E-state index in [4.69, 9.17) is 14.2 Å². The average Bonchev–Trinajstić information content (AvgIpc) is 3.30. The van der Waals surface area contributed by atoms with Gasteiger partial charge in [-0.15, -0.1) is 24.0 Å². The molecule has 3 saturated heterocycles. The third-order valence-corrected chi connectivity index (χ3v) is 6.74. The minimum absolute atomic E-state index is 0. The van der Waals surface area contributed by atoms with Gasteiger partial charge in [-0.1, -0.05) is 24.3 Å². The quantitative estimate of drug-likeness (QED) is 0.369. The molecular weight excluding hydrogens is 493 g/mol. The second kappa shape index (κ2) is 11.1. The molecule has 0 saturated carbocycles. The smallest absolute Gasteiger partial charge is 0.193 e. The molecule has 7 heteroatoms. The minimum atomic E-state index is 0. The highest BCUT2D eigenvalue weighted by Crippen LogP contribution is 2.36. The van der Waals surface area contributed by atoms with Crippen molar-refractivity contribution in [3.8, 4) is 0 Å². The Hall–Kier alpha value is -0.900. The number of hydrogen-bond donors (Lipinski definition) is 1. The molecule has 2 unspecified atom stereocenters. The Morgan fingerprint density at radius 1 is 1.13 bits per heavy atom. The number of nitrogens with zero attached hydrogens (tertiary/aromatic N) is 2. The molecule has 2 atom stereocenters. The van der Waals surface area contributed by atoms with E-state index < -0.39 is 0 Å². The highest BCUT2D eigenvalue weighted by Gasteiger charge is 2.37. The molecule has 3 fully saturated rings. The van der Waals surface area contributed by atoms with Gasteiger partial charge >= 0.3 is 0 Å². The van der Waals surface area contributed by atoms with Crippen molar-refractivity contribution in [2.75, 3.05) is 53.1 Å². The Balaban J connectivity index is 0.00000256. The number of halogens is 1. The van der Waals surface area contributed by atoms with Gasteiger partial charge in [0.1, 0.15) is 6.10 Å². The third kappa shape index (κ3) is 5.29. The highest BCUT2D eigenvalue weighted by molar-refractivity contribution is 14.0. The number of aliphatic imine (C=N–C) groups is 1. The van der Waals surface area contributed by atoms with Crippen LogP contribution < -0.4 is 5.32 Å². The van der Waals surface area contributed by atoms with Crippen LogP contribution in [0.4, 0.5) is 0 Å². The number of guanidine groups is 1. The van der Waals surface area contributed by atoms with Crippen LogP contribution >= 0.6 is 24.0 Å². The van der Waals surface area contributed by atoms with Crippen LogP contribution in [0.1, 0.15) is 36.8 Å². The first-order valence-corrected chi connectivity index (χ1v) is 11.0. The van der Waals surface area contributed by atoms with Gasteiger partial charge in [-0.25, -0.2) is 0 Å². The van der Waals surface area contributed by atoms with Crippen LogP contribution in [0.3, 0.4) is 0 Å². The molecule has 3 aliphatic heterocycles. The van der Waals surface area contributed by atoms with E-state index in [1.807, 2.05) is 7.05 Å². The number of morpholine rings is 1. The van der Waals surface area contributed by atoms with Crippen molar-refractivity contribution in [1.29, 1.82) is 0 Å². The predicted molar refractivity (Wildman–Crippen MR) is 130 cm³/mol. The van der Waals surface area contributed by atoms with Crippen LogP contribution in [-0.4, -0.2) is 76.2 Å². The lowest BCUT2D eigenvalue weighted by atomic mass is 9.72. The highest BCUT2D eigenvalue weighted by atomic mass is 127. The van der Waals surface area contributed by atoms with E-state index in [-0.39, 0.29) is 41.6 Å². The van der Waals surface area contributed by atoms with Gasteiger partial charge in [-0.3, -0.25) is 4.99 Å². The average molecular weight is 529 g/mol. The minimum Gasteiger partial charge on any atom is -0.381 e. The summed E-state index contributed by atoms with van der Waals surface area (Å²) in [5.41, 5.74) is 2.88. The van der Waals surface area contributed by atoms with E-state index in [9.17, 15) is 0 Å². The van der Waals surface area contributed by atoms with Crippen molar-refractivity contribution in [3.63, 3.8) is 0 Å². The fraction of sp³-hybridized carbons (Fsp3) is 0.696. The second-order valence-corrected chi connectivity index (χ2v) is 8.52. The molecule has 1 aromatic carbocycles. The van der Waals surface area contributed by atoms with Crippen LogP contribution in [0.15, 0.2) is 29.3 Å². The molecule has 30 heavy (non-hydrogen) atoms. The first-order chi connectivity index (χ1) is 14.2. The molecule has 0 aromatic heterocycles. The fourth-order valence-corrected chi connectivity index (χ4v) is 5.04. The number of benzene rings is 1. The molecule has 1 N–H and O–H groups in total. The standard InChI is InChI=1S/C23H35N3O3.HI/c1-18-6-3-4-7-19(18)23(9-13-27-14-10-23)17-25-22(24-2)26-11-15-29-21(16-26)20-8-5-12-28-20;/h3-4,6-7,20-21H,5,8-17H2,1-2H3,(H,24,25);1H. The maximum absolute atomic E-state index is 6.02. The zero-order valence-electron chi connectivity index (χ0n) is 18.3. The van der Waals surface area contributed by atoms with Gasteiger partial charge in [0.25, 0.3) is 0 Å². The molecule has 3 aliphatic rings.